The van der Waals surface area contributed by atoms with Crippen LogP contribution in [0.5, 0.6) is 0 Å². The third kappa shape index (κ3) is 5.37. The van der Waals surface area contributed by atoms with E-state index in [4.69, 9.17) is 9.47 Å². The molecule has 1 aliphatic carbocycles. The van der Waals surface area contributed by atoms with Gasteiger partial charge in [-0.15, -0.1) is 0 Å². The highest BCUT2D eigenvalue weighted by Gasteiger charge is 2.23. The van der Waals surface area contributed by atoms with E-state index in [1.807, 2.05) is 0 Å². The Morgan fingerprint density at radius 1 is 1.20 bits per heavy atom. The Morgan fingerprint density at radius 3 is 2.65 bits per heavy atom. The summed E-state index contributed by atoms with van der Waals surface area (Å²) >= 11 is 0. The van der Waals surface area contributed by atoms with Crippen molar-refractivity contribution in [1.29, 1.82) is 0 Å². The summed E-state index contributed by atoms with van der Waals surface area (Å²) in [4.78, 5) is 0. The monoisotopic (exact) mass is 282 g/mol. The zero-order chi connectivity index (χ0) is 14.2. The predicted octanol–water partition coefficient (Wildman–Crippen LogP) is 4.77. The second-order valence-electron chi connectivity index (χ2n) is 5.98. The van der Waals surface area contributed by atoms with Gasteiger partial charge in [0.2, 0.25) is 0 Å². The Bertz CT molecular complexity index is 330. The van der Waals surface area contributed by atoms with Crippen LogP contribution in [0.2, 0.25) is 0 Å². The third-order valence-electron chi connectivity index (χ3n) is 4.29. The summed E-state index contributed by atoms with van der Waals surface area (Å²) < 4.78 is 24.5. The maximum Gasteiger partial charge on any atom is 0.157 e. The molecule has 0 bridgehead atoms. The quantitative estimate of drug-likeness (QED) is 0.654. The van der Waals surface area contributed by atoms with Crippen LogP contribution in [-0.2, 0) is 9.47 Å². The van der Waals surface area contributed by atoms with E-state index in [0.717, 1.165) is 51.7 Å². The minimum atomic E-state index is -0.0382. The smallest absolute Gasteiger partial charge is 0.157 e. The van der Waals surface area contributed by atoms with Crippen LogP contribution in [0, 0.1) is 11.8 Å². The molecule has 0 radical (unpaired) electrons. The van der Waals surface area contributed by atoms with E-state index in [1.165, 1.54) is 0 Å². The maximum absolute atomic E-state index is 12.9. The molecule has 2 nitrogen and oxygen atoms in total. The van der Waals surface area contributed by atoms with Crippen molar-refractivity contribution in [3.63, 3.8) is 0 Å². The second kappa shape index (κ2) is 8.58. The fourth-order valence-corrected chi connectivity index (χ4v) is 2.91. The molecule has 1 saturated heterocycles. The lowest BCUT2D eigenvalue weighted by molar-refractivity contribution is -0.204. The van der Waals surface area contributed by atoms with Crippen LogP contribution in [0.15, 0.2) is 24.1 Å². The molecule has 1 heterocycles. The summed E-state index contributed by atoms with van der Waals surface area (Å²) in [5, 5.41) is 0. The van der Waals surface area contributed by atoms with Gasteiger partial charge >= 0.3 is 0 Å². The van der Waals surface area contributed by atoms with Gasteiger partial charge in [0.15, 0.2) is 6.29 Å². The lowest BCUT2D eigenvalue weighted by Gasteiger charge is -2.30. The first-order chi connectivity index (χ1) is 9.78. The van der Waals surface area contributed by atoms with Crippen LogP contribution >= 0.6 is 0 Å². The molecule has 1 unspecified atom stereocenters. The molecule has 3 heteroatoms. The van der Waals surface area contributed by atoms with E-state index in [9.17, 15) is 4.39 Å². The minimum Gasteiger partial charge on any atom is -0.352 e. The van der Waals surface area contributed by atoms with Crippen molar-refractivity contribution in [2.24, 2.45) is 11.8 Å². The summed E-state index contributed by atoms with van der Waals surface area (Å²) in [5.74, 6) is 1.21. The van der Waals surface area contributed by atoms with Crippen LogP contribution in [0.25, 0.3) is 0 Å². The minimum absolute atomic E-state index is 0.0382. The highest BCUT2D eigenvalue weighted by Crippen LogP contribution is 2.29. The van der Waals surface area contributed by atoms with Crippen molar-refractivity contribution < 1.29 is 13.9 Å². The topological polar surface area (TPSA) is 18.5 Å². The standard InChI is InChI=1S/C17H27FO2/c1-2-3-4-5-15-12-19-17(20-13-15)11-8-14-6-9-16(18)10-7-14/h2-3,9,14-15,17H,4-8,10-13H2,1H3/b3-2+. The SMILES string of the molecule is C/C=C/CCC1COC(CCC2CC=C(F)CC2)OC1. The van der Waals surface area contributed by atoms with Crippen molar-refractivity contribution in [3.8, 4) is 0 Å². The van der Waals surface area contributed by atoms with E-state index in [-0.39, 0.29) is 12.1 Å². The van der Waals surface area contributed by atoms with Crippen LogP contribution in [0.3, 0.4) is 0 Å². The van der Waals surface area contributed by atoms with Gasteiger partial charge in [0.05, 0.1) is 19.0 Å². The Morgan fingerprint density at radius 2 is 2.00 bits per heavy atom. The number of hydrogen-bond acceptors (Lipinski definition) is 2. The average Bonchev–Trinajstić information content (AvgIpc) is 2.48. The summed E-state index contributed by atoms with van der Waals surface area (Å²) in [7, 11) is 0. The van der Waals surface area contributed by atoms with Gasteiger partial charge in [0.1, 0.15) is 0 Å². The Kier molecular flexibility index (Phi) is 6.74. The van der Waals surface area contributed by atoms with Gasteiger partial charge in [0.25, 0.3) is 0 Å². The third-order valence-corrected chi connectivity index (χ3v) is 4.29. The summed E-state index contributed by atoms with van der Waals surface area (Å²) in [6, 6.07) is 0. The molecule has 114 valence electrons. The molecule has 0 saturated carbocycles. The molecule has 1 aliphatic heterocycles. The summed E-state index contributed by atoms with van der Waals surface area (Å²) in [5.41, 5.74) is 0. The van der Waals surface area contributed by atoms with E-state index in [1.54, 1.807) is 6.08 Å². The molecule has 20 heavy (non-hydrogen) atoms. The molecule has 1 atom stereocenters. The van der Waals surface area contributed by atoms with Gasteiger partial charge in [-0.05, 0) is 57.8 Å². The number of hydrogen-bond donors (Lipinski definition) is 0. The van der Waals surface area contributed by atoms with Crippen molar-refractivity contribution >= 4 is 0 Å². The molecule has 0 amide bonds. The average molecular weight is 282 g/mol. The van der Waals surface area contributed by atoms with E-state index >= 15 is 0 Å². The van der Waals surface area contributed by atoms with E-state index in [0.29, 0.717) is 18.3 Å². The molecular formula is C17H27FO2. The van der Waals surface area contributed by atoms with Crippen LogP contribution < -0.4 is 0 Å². The van der Waals surface area contributed by atoms with Crippen LogP contribution in [0.4, 0.5) is 4.39 Å². The summed E-state index contributed by atoms with van der Waals surface area (Å²) in [6.45, 7) is 3.69. The van der Waals surface area contributed by atoms with Crippen molar-refractivity contribution in [2.75, 3.05) is 13.2 Å². The zero-order valence-electron chi connectivity index (χ0n) is 12.5. The van der Waals surface area contributed by atoms with Crippen molar-refractivity contribution in [1.82, 2.24) is 0 Å². The van der Waals surface area contributed by atoms with Crippen molar-refractivity contribution in [3.05, 3.63) is 24.1 Å². The lowest BCUT2D eigenvalue weighted by atomic mass is 9.89. The maximum atomic E-state index is 12.9. The first-order valence-corrected chi connectivity index (χ1v) is 7.96. The van der Waals surface area contributed by atoms with Gasteiger partial charge in [-0.3, -0.25) is 0 Å². The first kappa shape index (κ1) is 15.7. The Hall–Kier alpha value is -0.670. The molecule has 0 aromatic heterocycles. The molecular weight excluding hydrogens is 255 g/mol. The van der Waals surface area contributed by atoms with Gasteiger partial charge in [-0.25, -0.2) is 4.39 Å². The molecule has 2 aliphatic rings. The highest BCUT2D eigenvalue weighted by molar-refractivity contribution is 4.97. The number of rotatable bonds is 6. The van der Waals surface area contributed by atoms with E-state index < -0.39 is 0 Å². The van der Waals surface area contributed by atoms with E-state index in [2.05, 4.69) is 19.1 Å². The van der Waals surface area contributed by atoms with Crippen LogP contribution in [-0.4, -0.2) is 19.5 Å². The molecule has 0 N–H and O–H groups in total. The number of ether oxygens (including phenoxy) is 2. The molecule has 0 aromatic rings. The Labute approximate surface area is 122 Å². The Balaban J connectivity index is 1.58. The lowest BCUT2D eigenvalue weighted by Crippen LogP contribution is -2.32. The first-order valence-electron chi connectivity index (χ1n) is 7.96. The molecule has 0 spiro atoms. The molecule has 0 aromatic carbocycles. The van der Waals surface area contributed by atoms with Gasteiger partial charge in [0, 0.05) is 5.92 Å². The summed E-state index contributed by atoms with van der Waals surface area (Å²) in [6.07, 6.45) is 12.7. The fourth-order valence-electron chi connectivity index (χ4n) is 2.91. The second-order valence-corrected chi connectivity index (χ2v) is 5.98. The van der Waals surface area contributed by atoms with Gasteiger partial charge in [-0.1, -0.05) is 18.2 Å². The van der Waals surface area contributed by atoms with Crippen LogP contribution in [0.1, 0.15) is 51.9 Å². The van der Waals surface area contributed by atoms with Gasteiger partial charge < -0.3 is 9.47 Å². The normalized spacial score (nSPS) is 31.5. The van der Waals surface area contributed by atoms with Crippen molar-refractivity contribution in [2.45, 2.75) is 58.2 Å². The molecule has 2 rings (SSSR count). The van der Waals surface area contributed by atoms with Gasteiger partial charge in [-0.2, -0.15) is 0 Å². The zero-order valence-corrected chi connectivity index (χ0v) is 12.5. The highest BCUT2D eigenvalue weighted by atomic mass is 19.1. The number of halogens is 1. The number of allylic oxidation sites excluding steroid dienone is 4. The fraction of sp³-hybridized carbons (Fsp3) is 0.765. The largest absolute Gasteiger partial charge is 0.352 e. The predicted molar refractivity (Wildman–Crippen MR) is 79.0 cm³/mol. The molecule has 1 fully saturated rings.